The van der Waals surface area contributed by atoms with Gasteiger partial charge in [-0.2, -0.15) is 0 Å². The van der Waals surface area contributed by atoms with Crippen molar-refractivity contribution in [2.75, 3.05) is 32.8 Å². The first-order valence-corrected chi connectivity index (χ1v) is 8.95. The molecule has 8 nitrogen and oxygen atoms in total. The van der Waals surface area contributed by atoms with E-state index in [-0.39, 0.29) is 50.4 Å². The fourth-order valence-corrected chi connectivity index (χ4v) is 3.23. The molecule has 0 bridgehead atoms. The predicted octanol–water partition coefficient (Wildman–Crippen LogP) is 0.772. The van der Waals surface area contributed by atoms with Gasteiger partial charge in [0.25, 0.3) is 11.8 Å². The van der Waals surface area contributed by atoms with E-state index in [0.717, 1.165) is 10.5 Å². The van der Waals surface area contributed by atoms with E-state index in [1.54, 1.807) is 25.1 Å². The van der Waals surface area contributed by atoms with Gasteiger partial charge in [-0.1, -0.05) is 11.6 Å². The molecular weight excluding hydrogens is 352 g/mol. The fourth-order valence-electron chi connectivity index (χ4n) is 3.23. The van der Waals surface area contributed by atoms with Crippen molar-refractivity contribution in [1.29, 1.82) is 0 Å². The molecule has 1 saturated heterocycles. The first kappa shape index (κ1) is 19.0. The molecule has 1 fully saturated rings. The Kier molecular flexibility index (Phi) is 5.55. The van der Waals surface area contributed by atoms with Crippen LogP contribution in [0.15, 0.2) is 18.2 Å². The van der Waals surface area contributed by atoms with Crippen LogP contribution in [-0.4, -0.2) is 72.4 Å². The second-order valence-corrected chi connectivity index (χ2v) is 6.51. The van der Waals surface area contributed by atoms with Gasteiger partial charge in [0.2, 0.25) is 5.91 Å². The van der Waals surface area contributed by atoms with Crippen molar-refractivity contribution in [2.45, 2.75) is 26.4 Å². The largest absolute Gasteiger partial charge is 0.464 e. The number of rotatable bonds is 5. The zero-order chi connectivity index (χ0) is 19.6. The maximum absolute atomic E-state index is 12.5. The summed E-state index contributed by atoms with van der Waals surface area (Å²) in [6.07, 6.45) is -0.801. The van der Waals surface area contributed by atoms with E-state index < -0.39 is 12.1 Å². The van der Waals surface area contributed by atoms with Crippen LogP contribution >= 0.6 is 0 Å². The molecule has 1 aromatic carbocycles. The molecule has 27 heavy (non-hydrogen) atoms. The van der Waals surface area contributed by atoms with Crippen molar-refractivity contribution in [3.63, 3.8) is 0 Å². The summed E-state index contributed by atoms with van der Waals surface area (Å²) in [6.45, 7) is 4.50. The molecule has 1 aromatic rings. The average Bonchev–Trinajstić information content (AvgIpc) is 2.90. The topological polar surface area (TPSA) is 93.2 Å². The molecule has 1 unspecified atom stereocenters. The van der Waals surface area contributed by atoms with Crippen molar-refractivity contribution in [2.24, 2.45) is 0 Å². The first-order valence-electron chi connectivity index (χ1n) is 8.95. The van der Waals surface area contributed by atoms with Gasteiger partial charge in [0, 0.05) is 19.5 Å². The van der Waals surface area contributed by atoms with E-state index in [9.17, 15) is 19.2 Å². The number of morpholine rings is 1. The number of fused-ring (bicyclic) bond motifs is 1. The van der Waals surface area contributed by atoms with E-state index in [4.69, 9.17) is 9.47 Å². The van der Waals surface area contributed by atoms with Gasteiger partial charge in [0.05, 0.1) is 30.9 Å². The number of aryl methyl sites for hydroxylation is 1. The van der Waals surface area contributed by atoms with E-state index >= 15 is 0 Å². The lowest BCUT2D eigenvalue weighted by atomic mass is 10.1. The molecule has 0 aliphatic carbocycles. The molecule has 8 heteroatoms. The minimum atomic E-state index is -0.801. The summed E-state index contributed by atoms with van der Waals surface area (Å²) in [7, 11) is 0. The van der Waals surface area contributed by atoms with Crippen molar-refractivity contribution in [3.05, 3.63) is 34.9 Å². The molecule has 0 N–H and O–H groups in total. The molecule has 144 valence electrons. The van der Waals surface area contributed by atoms with Crippen LogP contribution < -0.4 is 0 Å². The van der Waals surface area contributed by atoms with E-state index in [0.29, 0.717) is 17.7 Å². The fraction of sp³-hybridized carbons (Fsp3) is 0.474. The highest BCUT2D eigenvalue weighted by molar-refractivity contribution is 6.21. The van der Waals surface area contributed by atoms with Crippen LogP contribution in [-0.2, 0) is 19.1 Å². The quantitative estimate of drug-likeness (QED) is 0.558. The molecule has 2 aliphatic heterocycles. The highest BCUT2D eigenvalue weighted by Crippen LogP contribution is 2.24. The monoisotopic (exact) mass is 374 g/mol. The van der Waals surface area contributed by atoms with Crippen LogP contribution in [0.3, 0.4) is 0 Å². The lowest BCUT2D eigenvalue weighted by Crippen LogP contribution is -2.49. The van der Waals surface area contributed by atoms with Crippen LogP contribution in [0, 0.1) is 6.92 Å². The molecule has 0 aromatic heterocycles. The number of nitrogens with zero attached hydrogens (tertiary/aromatic N) is 2. The van der Waals surface area contributed by atoms with Crippen molar-refractivity contribution < 1.29 is 28.7 Å². The van der Waals surface area contributed by atoms with Crippen LogP contribution in [0.5, 0.6) is 0 Å². The van der Waals surface area contributed by atoms with Gasteiger partial charge in [-0.05, 0) is 26.0 Å². The Morgan fingerprint density at radius 3 is 2.70 bits per heavy atom. The maximum atomic E-state index is 12.5. The third kappa shape index (κ3) is 3.85. The number of hydrogen-bond acceptors (Lipinski definition) is 6. The van der Waals surface area contributed by atoms with Gasteiger partial charge in [-0.3, -0.25) is 19.3 Å². The minimum absolute atomic E-state index is 0.00000386. The van der Waals surface area contributed by atoms with E-state index in [1.807, 2.05) is 6.92 Å². The highest BCUT2D eigenvalue weighted by Gasteiger charge is 2.36. The van der Waals surface area contributed by atoms with E-state index in [2.05, 4.69) is 0 Å². The lowest BCUT2D eigenvalue weighted by molar-refractivity contribution is -0.164. The molecule has 3 rings (SSSR count). The Morgan fingerprint density at radius 1 is 1.22 bits per heavy atom. The molecule has 0 radical (unpaired) electrons. The van der Waals surface area contributed by atoms with Crippen LogP contribution in [0.4, 0.5) is 0 Å². The standard InChI is InChI=1S/C19H22N2O6/c1-3-26-19(25)15-11-20(8-9-27-15)16(22)6-7-21-17(23)13-5-4-12(2)10-14(13)18(21)24/h4-5,10,15H,3,6-9,11H2,1-2H3. The first-order chi connectivity index (χ1) is 12.9. The van der Waals surface area contributed by atoms with Crippen LogP contribution in [0.2, 0.25) is 0 Å². The average molecular weight is 374 g/mol. The third-order valence-corrected chi connectivity index (χ3v) is 4.64. The summed E-state index contributed by atoms with van der Waals surface area (Å²) < 4.78 is 10.3. The zero-order valence-corrected chi connectivity index (χ0v) is 15.4. The summed E-state index contributed by atoms with van der Waals surface area (Å²) in [5, 5.41) is 0. The van der Waals surface area contributed by atoms with Gasteiger partial charge in [-0.25, -0.2) is 4.79 Å². The Hall–Kier alpha value is -2.74. The van der Waals surface area contributed by atoms with Gasteiger partial charge < -0.3 is 14.4 Å². The van der Waals surface area contributed by atoms with Crippen LogP contribution in [0.1, 0.15) is 39.6 Å². The molecule has 2 heterocycles. The SMILES string of the molecule is CCOC(=O)C1CN(C(=O)CCN2C(=O)c3ccc(C)cc3C2=O)CCO1. The molecule has 0 saturated carbocycles. The number of imide groups is 1. The zero-order valence-electron chi connectivity index (χ0n) is 15.4. The summed E-state index contributed by atoms with van der Waals surface area (Å²) in [5.41, 5.74) is 1.64. The van der Waals surface area contributed by atoms with Gasteiger partial charge >= 0.3 is 5.97 Å². The summed E-state index contributed by atoms with van der Waals surface area (Å²) in [4.78, 5) is 51.8. The molecule has 2 aliphatic rings. The Balaban J connectivity index is 1.59. The number of ether oxygens (including phenoxy) is 2. The summed E-state index contributed by atoms with van der Waals surface area (Å²) in [6, 6.07) is 5.10. The molecule has 3 amide bonds. The number of benzene rings is 1. The molecule has 1 atom stereocenters. The number of amides is 3. The minimum Gasteiger partial charge on any atom is -0.464 e. The van der Waals surface area contributed by atoms with Crippen molar-refractivity contribution in [3.8, 4) is 0 Å². The smallest absolute Gasteiger partial charge is 0.337 e. The Bertz CT molecular complexity index is 790. The number of carbonyl (C=O) groups is 4. The number of esters is 1. The number of hydrogen-bond donors (Lipinski definition) is 0. The van der Waals surface area contributed by atoms with E-state index in [1.165, 1.54) is 4.90 Å². The molecular formula is C19H22N2O6. The Labute approximate surface area is 157 Å². The van der Waals surface area contributed by atoms with Gasteiger partial charge in [-0.15, -0.1) is 0 Å². The highest BCUT2D eigenvalue weighted by atomic mass is 16.6. The van der Waals surface area contributed by atoms with Gasteiger partial charge in [0.15, 0.2) is 6.10 Å². The third-order valence-electron chi connectivity index (χ3n) is 4.64. The summed E-state index contributed by atoms with van der Waals surface area (Å²) in [5.74, 6) is -1.49. The Morgan fingerprint density at radius 2 is 1.96 bits per heavy atom. The van der Waals surface area contributed by atoms with Crippen LogP contribution in [0.25, 0.3) is 0 Å². The molecule has 0 spiro atoms. The van der Waals surface area contributed by atoms with Crippen molar-refractivity contribution in [1.82, 2.24) is 9.80 Å². The summed E-state index contributed by atoms with van der Waals surface area (Å²) >= 11 is 0. The second kappa shape index (κ2) is 7.87. The maximum Gasteiger partial charge on any atom is 0.337 e. The lowest BCUT2D eigenvalue weighted by Gasteiger charge is -2.32. The predicted molar refractivity (Wildman–Crippen MR) is 94.1 cm³/mol. The van der Waals surface area contributed by atoms with Gasteiger partial charge in [0.1, 0.15) is 0 Å². The van der Waals surface area contributed by atoms with Crippen molar-refractivity contribution >= 4 is 23.7 Å². The second-order valence-electron chi connectivity index (χ2n) is 6.51. The number of carbonyl (C=O) groups excluding carboxylic acids is 4. The normalized spacial score (nSPS) is 19.3.